The first-order valence-electron chi connectivity index (χ1n) is 6.18. The lowest BCUT2D eigenvalue weighted by Crippen LogP contribution is -2.47. The summed E-state index contributed by atoms with van der Waals surface area (Å²) in [7, 11) is 2.21. The number of nitrogens with zero attached hydrogens (tertiary/aromatic N) is 2. The van der Waals surface area contributed by atoms with Crippen molar-refractivity contribution in [3.05, 3.63) is 0 Å². The lowest BCUT2D eigenvalue weighted by atomic mass is 10.1. The monoisotopic (exact) mass is 212 g/mol. The van der Waals surface area contributed by atoms with Gasteiger partial charge in [0.25, 0.3) is 0 Å². The molecule has 2 aliphatic rings. The minimum absolute atomic E-state index is 0.130. The van der Waals surface area contributed by atoms with Gasteiger partial charge in [0.15, 0.2) is 0 Å². The molecular weight excluding hydrogens is 188 g/mol. The van der Waals surface area contributed by atoms with Crippen molar-refractivity contribution >= 4 is 0 Å². The summed E-state index contributed by atoms with van der Waals surface area (Å²) in [6, 6.07) is 1.46. The van der Waals surface area contributed by atoms with Gasteiger partial charge >= 0.3 is 0 Å². The summed E-state index contributed by atoms with van der Waals surface area (Å²) in [6.07, 6.45) is 2.11. The molecule has 2 fully saturated rings. The van der Waals surface area contributed by atoms with Crippen LogP contribution in [-0.2, 0) is 0 Å². The molecule has 0 saturated carbocycles. The first kappa shape index (κ1) is 11.4. The van der Waals surface area contributed by atoms with E-state index in [0.717, 1.165) is 25.6 Å². The highest BCUT2D eigenvalue weighted by Crippen LogP contribution is 2.29. The zero-order chi connectivity index (χ0) is 11.0. The molecule has 3 unspecified atom stereocenters. The molecule has 3 atom stereocenters. The van der Waals surface area contributed by atoms with Crippen LogP contribution in [0.4, 0.5) is 0 Å². The van der Waals surface area contributed by atoms with Crippen LogP contribution in [0.1, 0.15) is 26.7 Å². The van der Waals surface area contributed by atoms with E-state index in [1.807, 2.05) is 0 Å². The third-order valence-electron chi connectivity index (χ3n) is 3.82. The highest BCUT2D eigenvalue weighted by molar-refractivity contribution is 4.98. The molecule has 1 N–H and O–H groups in total. The van der Waals surface area contributed by atoms with Crippen molar-refractivity contribution in [3.63, 3.8) is 0 Å². The van der Waals surface area contributed by atoms with Gasteiger partial charge in [-0.05, 0) is 25.8 Å². The molecule has 2 heterocycles. The zero-order valence-corrected chi connectivity index (χ0v) is 10.2. The predicted molar refractivity (Wildman–Crippen MR) is 61.9 cm³/mol. The summed E-state index contributed by atoms with van der Waals surface area (Å²) in [5.74, 6) is 0.600. The molecule has 2 bridgehead atoms. The molecule has 15 heavy (non-hydrogen) atoms. The summed E-state index contributed by atoms with van der Waals surface area (Å²) in [4.78, 5) is 4.94. The van der Waals surface area contributed by atoms with Gasteiger partial charge in [-0.25, -0.2) is 0 Å². The molecule has 0 radical (unpaired) electrons. The van der Waals surface area contributed by atoms with Crippen LogP contribution in [-0.4, -0.2) is 59.8 Å². The highest BCUT2D eigenvalue weighted by Gasteiger charge is 2.41. The van der Waals surface area contributed by atoms with E-state index < -0.39 is 0 Å². The minimum atomic E-state index is -0.130. The van der Waals surface area contributed by atoms with E-state index >= 15 is 0 Å². The standard InChI is InChI=1S/C12H24N2O/c1-9(2)4-12(15)8-14-7-10-5-11(14)6-13(10)3/h9-12,15H,4-8H2,1-3H3. The molecule has 2 rings (SSSR count). The van der Waals surface area contributed by atoms with Crippen LogP contribution in [0.25, 0.3) is 0 Å². The molecule has 88 valence electrons. The van der Waals surface area contributed by atoms with E-state index in [1.54, 1.807) is 0 Å². The van der Waals surface area contributed by atoms with E-state index in [0.29, 0.717) is 12.0 Å². The van der Waals surface area contributed by atoms with E-state index in [9.17, 15) is 5.11 Å². The Hall–Kier alpha value is -0.120. The van der Waals surface area contributed by atoms with E-state index in [-0.39, 0.29) is 6.10 Å². The van der Waals surface area contributed by atoms with Gasteiger partial charge in [-0.2, -0.15) is 0 Å². The summed E-state index contributed by atoms with van der Waals surface area (Å²) in [5.41, 5.74) is 0. The third-order valence-corrected chi connectivity index (χ3v) is 3.82. The van der Waals surface area contributed by atoms with Gasteiger partial charge in [0.2, 0.25) is 0 Å². The predicted octanol–water partition coefficient (Wildman–Crippen LogP) is 0.782. The van der Waals surface area contributed by atoms with Crippen molar-refractivity contribution < 1.29 is 5.11 Å². The lowest BCUT2D eigenvalue weighted by molar-refractivity contribution is 0.0656. The fraction of sp³-hybridized carbons (Fsp3) is 1.00. The molecular formula is C12H24N2O. The van der Waals surface area contributed by atoms with E-state index in [1.165, 1.54) is 13.0 Å². The average molecular weight is 212 g/mol. The largest absolute Gasteiger partial charge is 0.392 e. The molecule has 2 saturated heterocycles. The Morgan fingerprint density at radius 1 is 1.27 bits per heavy atom. The van der Waals surface area contributed by atoms with Gasteiger partial charge in [-0.15, -0.1) is 0 Å². The molecule has 0 aromatic carbocycles. The van der Waals surface area contributed by atoms with Gasteiger partial charge in [-0.1, -0.05) is 13.8 Å². The number of aliphatic hydroxyl groups is 1. The second-order valence-electron chi connectivity index (χ2n) is 5.72. The molecule has 2 aliphatic heterocycles. The van der Waals surface area contributed by atoms with Crippen LogP contribution in [0.3, 0.4) is 0 Å². The number of rotatable bonds is 4. The van der Waals surface area contributed by atoms with Gasteiger partial charge in [-0.3, -0.25) is 4.90 Å². The fourth-order valence-corrected chi connectivity index (χ4v) is 3.06. The minimum Gasteiger partial charge on any atom is -0.392 e. The maximum atomic E-state index is 9.92. The normalized spacial score (nSPS) is 34.2. The number of aliphatic hydroxyl groups excluding tert-OH is 1. The smallest absolute Gasteiger partial charge is 0.0669 e. The molecule has 0 aromatic rings. The van der Waals surface area contributed by atoms with Crippen molar-refractivity contribution in [1.29, 1.82) is 0 Å². The molecule has 0 aromatic heterocycles. The zero-order valence-electron chi connectivity index (χ0n) is 10.2. The number of β-amino-alcohol motifs (C(OH)–C–C–N with tert-alkyl or cyclic N) is 1. The summed E-state index contributed by atoms with van der Waals surface area (Å²) < 4.78 is 0. The number of piperazine rings is 1. The Labute approximate surface area is 93.1 Å². The molecule has 0 spiro atoms. The average Bonchev–Trinajstić information content (AvgIpc) is 2.60. The number of fused-ring (bicyclic) bond motifs is 2. The van der Waals surface area contributed by atoms with Crippen molar-refractivity contribution in [2.45, 2.75) is 44.9 Å². The van der Waals surface area contributed by atoms with E-state index in [2.05, 4.69) is 30.7 Å². The third kappa shape index (κ3) is 2.52. The first-order chi connectivity index (χ1) is 7.06. The van der Waals surface area contributed by atoms with Crippen LogP contribution in [0.15, 0.2) is 0 Å². The second-order valence-corrected chi connectivity index (χ2v) is 5.72. The number of likely N-dealkylation sites (N-methyl/N-ethyl adjacent to an activating group) is 1. The van der Waals surface area contributed by atoms with Crippen LogP contribution < -0.4 is 0 Å². The Kier molecular flexibility index (Phi) is 3.33. The van der Waals surface area contributed by atoms with Crippen molar-refractivity contribution in [1.82, 2.24) is 9.80 Å². The lowest BCUT2D eigenvalue weighted by Gasteiger charge is -2.33. The summed E-state index contributed by atoms with van der Waals surface area (Å²) >= 11 is 0. The fourth-order valence-electron chi connectivity index (χ4n) is 3.06. The van der Waals surface area contributed by atoms with Crippen LogP contribution in [0, 0.1) is 5.92 Å². The Morgan fingerprint density at radius 2 is 2.00 bits per heavy atom. The first-order valence-corrected chi connectivity index (χ1v) is 6.18. The van der Waals surface area contributed by atoms with Gasteiger partial charge in [0, 0.05) is 31.7 Å². The van der Waals surface area contributed by atoms with Crippen LogP contribution in [0.5, 0.6) is 0 Å². The SMILES string of the molecule is CC(C)CC(O)CN1CC2CC1CN2C. The number of hydrogen-bond acceptors (Lipinski definition) is 3. The number of hydrogen-bond donors (Lipinski definition) is 1. The Morgan fingerprint density at radius 3 is 2.47 bits per heavy atom. The van der Waals surface area contributed by atoms with Crippen LogP contribution >= 0.6 is 0 Å². The summed E-state index contributed by atoms with van der Waals surface area (Å²) in [5, 5.41) is 9.92. The van der Waals surface area contributed by atoms with Crippen molar-refractivity contribution in [3.8, 4) is 0 Å². The van der Waals surface area contributed by atoms with Gasteiger partial charge in [0.1, 0.15) is 0 Å². The number of likely N-dealkylation sites (tertiary alicyclic amines) is 2. The topological polar surface area (TPSA) is 26.7 Å². The molecule has 3 heteroatoms. The van der Waals surface area contributed by atoms with Crippen molar-refractivity contribution in [2.75, 3.05) is 26.7 Å². The second kappa shape index (κ2) is 4.40. The molecule has 0 amide bonds. The van der Waals surface area contributed by atoms with Crippen LogP contribution in [0.2, 0.25) is 0 Å². The molecule has 3 nitrogen and oxygen atoms in total. The van der Waals surface area contributed by atoms with Crippen molar-refractivity contribution in [2.24, 2.45) is 5.92 Å². The quantitative estimate of drug-likeness (QED) is 0.746. The van der Waals surface area contributed by atoms with Gasteiger partial charge in [0.05, 0.1) is 6.10 Å². The van der Waals surface area contributed by atoms with Gasteiger partial charge < -0.3 is 10.0 Å². The molecule has 0 aliphatic carbocycles. The summed E-state index contributed by atoms with van der Waals surface area (Å²) in [6.45, 7) is 7.59. The maximum Gasteiger partial charge on any atom is 0.0669 e. The van der Waals surface area contributed by atoms with E-state index in [4.69, 9.17) is 0 Å². The Bertz CT molecular complexity index is 218. The highest BCUT2D eigenvalue weighted by atomic mass is 16.3. The Balaban J connectivity index is 1.78. The maximum absolute atomic E-state index is 9.92.